The van der Waals surface area contributed by atoms with Crippen molar-refractivity contribution in [3.8, 4) is 11.5 Å². The lowest BCUT2D eigenvalue weighted by Gasteiger charge is -2.32. The second kappa shape index (κ2) is 12.1. The SMILES string of the molecule is CCCC1=C2[C@@H](CC/C(=C/c3cc(I)c(O)c(OC)c3)CC)OC[C@@H]2[C@@H]2C(=O)N(Cc3cccs3)C(=O)[C@@H]2C1. The highest BCUT2D eigenvalue weighted by molar-refractivity contribution is 14.1. The summed E-state index contributed by atoms with van der Waals surface area (Å²) in [4.78, 5) is 29.6. The minimum Gasteiger partial charge on any atom is -0.504 e. The normalized spacial score (nSPS) is 24.9. The third-order valence-corrected chi connectivity index (χ3v) is 10.1. The van der Waals surface area contributed by atoms with Crippen LogP contribution in [0.2, 0.25) is 0 Å². The molecule has 2 aromatic rings. The standard InChI is InChI=1S/C31H36INO5S/c1-4-7-20-15-22-28(31(36)33(30(22)35)16-21-8-6-11-39-21)23-17-38-25(27(20)23)10-9-18(5-2)12-19-13-24(32)29(34)26(14-19)37-3/h6,8,11-14,22-23,25,28,34H,4-5,7,9-10,15-17H2,1-3H3/b18-12+/t22-,23+,25-,28-/m1/s1. The van der Waals surface area contributed by atoms with Crippen molar-refractivity contribution >= 4 is 51.8 Å². The first-order valence-corrected chi connectivity index (χ1v) is 15.8. The van der Waals surface area contributed by atoms with Crippen LogP contribution in [0.15, 0.2) is 46.4 Å². The minimum atomic E-state index is -0.300. The third kappa shape index (κ3) is 5.57. The monoisotopic (exact) mass is 661 g/mol. The van der Waals surface area contributed by atoms with Gasteiger partial charge in [0.2, 0.25) is 11.8 Å². The van der Waals surface area contributed by atoms with Crippen LogP contribution in [0.1, 0.15) is 62.8 Å². The zero-order valence-electron chi connectivity index (χ0n) is 22.7. The lowest BCUT2D eigenvalue weighted by Crippen LogP contribution is -2.34. The van der Waals surface area contributed by atoms with Crippen molar-refractivity contribution < 1.29 is 24.2 Å². The van der Waals surface area contributed by atoms with Crippen molar-refractivity contribution in [3.63, 3.8) is 0 Å². The number of rotatable bonds is 10. The van der Waals surface area contributed by atoms with Gasteiger partial charge in [-0.3, -0.25) is 14.5 Å². The average Bonchev–Trinajstić information content (AvgIpc) is 3.65. The number of likely N-dealkylation sites (tertiary alicyclic amines) is 1. The molecule has 6 nitrogen and oxygen atoms in total. The summed E-state index contributed by atoms with van der Waals surface area (Å²) in [7, 11) is 1.56. The van der Waals surface area contributed by atoms with Crippen molar-refractivity contribution in [1.82, 2.24) is 4.90 Å². The lowest BCUT2D eigenvalue weighted by atomic mass is 9.68. The zero-order chi connectivity index (χ0) is 27.7. The van der Waals surface area contributed by atoms with Crippen molar-refractivity contribution in [1.29, 1.82) is 0 Å². The number of halogens is 1. The number of allylic oxidation sites excluding steroid dienone is 2. The Morgan fingerprint density at radius 1 is 1.26 bits per heavy atom. The molecule has 1 aliphatic carbocycles. The highest BCUT2D eigenvalue weighted by Gasteiger charge is 2.56. The number of ether oxygens (including phenoxy) is 2. The first-order valence-electron chi connectivity index (χ1n) is 13.8. The third-order valence-electron chi connectivity index (χ3n) is 8.37. The van der Waals surface area contributed by atoms with Crippen LogP contribution >= 0.6 is 33.9 Å². The first-order chi connectivity index (χ1) is 18.9. The zero-order valence-corrected chi connectivity index (χ0v) is 25.7. The summed E-state index contributed by atoms with van der Waals surface area (Å²) >= 11 is 3.71. The number of aromatic hydroxyl groups is 1. The Balaban J connectivity index is 1.35. The van der Waals surface area contributed by atoms with E-state index in [9.17, 15) is 14.7 Å². The Morgan fingerprint density at radius 3 is 2.77 bits per heavy atom. The molecule has 0 radical (unpaired) electrons. The molecule has 39 heavy (non-hydrogen) atoms. The Morgan fingerprint density at radius 2 is 2.08 bits per heavy atom. The predicted octanol–water partition coefficient (Wildman–Crippen LogP) is 6.96. The van der Waals surface area contributed by atoms with Crippen molar-refractivity contribution in [2.75, 3.05) is 13.7 Å². The summed E-state index contributed by atoms with van der Waals surface area (Å²) in [6, 6.07) is 7.78. The molecule has 8 heteroatoms. The van der Waals surface area contributed by atoms with Crippen LogP contribution in [0.4, 0.5) is 0 Å². The van der Waals surface area contributed by atoms with Gasteiger partial charge in [-0.25, -0.2) is 0 Å². The van der Waals surface area contributed by atoms with Crippen LogP contribution in [0.25, 0.3) is 6.08 Å². The van der Waals surface area contributed by atoms with Gasteiger partial charge in [0, 0.05) is 10.8 Å². The Kier molecular flexibility index (Phi) is 8.83. The van der Waals surface area contributed by atoms with Crippen LogP contribution in [-0.4, -0.2) is 41.6 Å². The summed E-state index contributed by atoms with van der Waals surface area (Å²) in [6.45, 7) is 5.22. The molecule has 2 saturated heterocycles. The van der Waals surface area contributed by atoms with Crippen molar-refractivity contribution in [2.45, 2.75) is 65.0 Å². The molecule has 2 fully saturated rings. The molecule has 0 spiro atoms. The number of carbonyl (C=O) groups is 2. The van der Waals surface area contributed by atoms with E-state index in [0.29, 0.717) is 25.3 Å². The molecular weight excluding hydrogens is 625 g/mol. The molecular formula is C31H36INO5S. The van der Waals surface area contributed by atoms with Crippen LogP contribution in [-0.2, 0) is 20.9 Å². The van der Waals surface area contributed by atoms with E-state index in [1.54, 1.807) is 18.4 Å². The number of nitrogens with zero attached hydrogens (tertiary/aromatic N) is 1. The number of hydrogen-bond donors (Lipinski definition) is 1. The summed E-state index contributed by atoms with van der Waals surface area (Å²) in [5, 5.41) is 12.2. The van der Waals surface area contributed by atoms with Crippen molar-refractivity contribution in [3.05, 3.63) is 60.4 Å². The summed E-state index contributed by atoms with van der Waals surface area (Å²) in [6.07, 6.45) is 7.43. The number of thiophene rings is 1. The van der Waals surface area contributed by atoms with Gasteiger partial charge in [-0.1, -0.05) is 43.6 Å². The van der Waals surface area contributed by atoms with E-state index in [-0.39, 0.29) is 41.4 Å². The van der Waals surface area contributed by atoms with Crippen molar-refractivity contribution in [2.24, 2.45) is 17.8 Å². The van der Waals surface area contributed by atoms with E-state index >= 15 is 0 Å². The second-order valence-corrected chi connectivity index (χ2v) is 12.9. The van der Waals surface area contributed by atoms with Crippen LogP contribution in [0, 0.1) is 21.3 Å². The van der Waals surface area contributed by atoms with Gasteiger partial charge in [0.15, 0.2) is 11.5 Å². The predicted molar refractivity (Wildman–Crippen MR) is 162 cm³/mol. The van der Waals surface area contributed by atoms with Gasteiger partial charge in [-0.15, -0.1) is 11.3 Å². The van der Waals surface area contributed by atoms with Gasteiger partial charge in [0.05, 0.1) is 41.8 Å². The molecule has 1 aromatic carbocycles. The number of benzene rings is 1. The second-order valence-electron chi connectivity index (χ2n) is 10.7. The molecule has 3 heterocycles. The van der Waals surface area contributed by atoms with Gasteiger partial charge >= 0.3 is 0 Å². The summed E-state index contributed by atoms with van der Waals surface area (Å²) in [5.74, 6) is 0.0468. The number of fused-ring (bicyclic) bond motifs is 3. The van der Waals surface area contributed by atoms with Crippen LogP contribution in [0.5, 0.6) is 11.5 Å². The molecule has 4 atom stereocenters. The van der Waals surface area contributed by atoms with E-state index in [2.05, 4.69) is 42.5 Å². The molecule has 0 saturated carbocycles. The molecule has 0 unspecified atom stereocenters. The minimum absolute atomic E-state index is 0.00270. The van der Waals surface area contributed by atoms with Gasteiger partial charge in [-0.05, 0) is 89.4 Å². The topological polar surface area (TPSA) is 76.1 Å². The maximum atomic E-state index is 13.6. The molecule has 1 N–H and O–H groups in total. The van der Waals surface area contributed by atoms with Crippen LogP contribution < -0.4 is 4.74 Å². The number of amides is 2. The molecule has 208 valence electrons. The fourth-order valence-corrected chi connectivity index (χ4v) is 7.84. The van der Waals surface area contributed by atoms with Gasteiger partial charge < -0.3 is 14.6 Å². The molecule has 2 aliphatic heterocycles. The number of phenols is 1. The number of imide groups is 1. The van der Waals surface area contributed by atoms with Gasteiger partial charge in [0.1, 0.15) is 0 Å². The molecule has 2 amide bonds. The Bertz CT molecular complexity index is 1300. The average molecular weight is 662 g/mol. The van der Waals surface area contributed by atoms with E-state index in [1.165, 1.54) is 21.6 Å². The van der Waals surface area contributed by atoms with E-state index in [1.807, 2.05) is 29.6 Å². The molecule has 1 aromatic heterocycles. The fourth-order valence-electron chi connectivity index (χ4n) is 6.53. The van der Waals surface area contributed by atoms with Crippen LogP contribution in [0.3, 0.4) is 0 Å². The van der Waals surface area contributed by atoms with Gasteiger partial charge in [-0.2, -0.15) is 0 Å². The summed E-state index contributed by atoms with van der Waals surface area (Å²) in [5.41, 5.74) is 4.94. The summed E-state index contributed by atoms with van der Waals surface area (Å²) < 4.78 is 12.5. The highest BCUT2D eigenvalue weighted by Crippen LogP contribution is 2.51. The smallest absolute Gasteiger partial charge is 0.234 e. The highest BCUT2D eigenvalue weighted by atomic mass is 127. The number of methoxy groups -OCH3 is 1. The van der Waals surface area contributed by atoms with E-state index in [4.69, 9.17) is 9.47 Å². The number of carbonyl (C=O) groups excluding carboxylic acids is 2. The van der Waals surface area contributed by atoms with E-state index in [0.717, 1.165) is 46.1 Å². The fraction of sp³-hybridized carbons (Fsp3) is 0.484. The molecule has 0 bridgehead atoms. The first kappa shape index (κ1) is 28.4. The quantitative estimate of drug-likeness (QED) is 0.169. The maximum absolute atomic E-state index is 13.6. The maximum Gasteiger partial charge on any atom is 0.234 e. The van der Waals surface area contributed by atoms with E-state index < -0.39 is 0 Å². The van der Waals surface area contributed by atoms with Gasteiger partial charge in [0.25, 0.3) is 0 Å². The lowest BCUT2D eigenvalue weighted by molar-refractivity contribution is -0.140. The molecule has 3 aliphatic rings. The number of hydrogen-bond acceptors (Lipinski definition) is 6. The number of phenolic OH excluding ortho intramolecular Hbond substituents is 1. The Labute approximate surface area is 248 Å². The molecule has 5 rings (SSSR count). The largest absolute Gasteiger partial charge is 0.504 e. The Hall–Kier alpha value is -2.17.